The number of hydrogen-bond acceptors (Lipinski definition) is 4. The van der Waals surface area contributed by atoms with Gasteiger partial charge in [0.2, 0.25) is 0 Å². The third kappa shape index (κ3) is 3.13. The molecular weight excluding hydrogens is 240 g/mol. The topological polar surface area (TPSA) is 47.7 Å². The van der Waals surface area contributed by atoms with Crippen LogP contribution in [0, 0.1) is 0 Å². The van der Waals surface area contributed by atoms with Gasteiger partial charge in [0.15, 0.2) is 0 Å². The maximum Gasteiger partial charge on any atom is 0.144 e. The number of nitrogen functional groups attached to an aromatic ring is 1. The number of anilines is 2. The number of benzene rings is 1. The molecule has 1 aromatic rings. The average molecular weight is 264 g/mol. The molecule has 1 atom stereocenters. The summed E-state index contributed by atoms with van der Waals surface area (Å²) < 4.78 is 11.2. The number of nitrogens with two attached hydrogens (primary N) is 1. The quantitative estimate of drug-likeness (QED) is 0.849. The Morgan fingerprint density at radius 3 is 2.89 bits per heavy atom. The molecule has 2 N–H and O–H groups in total. The first-order valence-electron chi connectivity index (χ1n) is 6.90. The highest BCUT2D eigenvalue weighted by molar-refractivity contribution is 5.62. The Labute approximate surface area is 115 Å². The van der Waals surface area contributed by atoms with Crippen LogP contribution in [-0.2, 0) is 4.74 Å². The van der Waals surface area contributed by atoms with E-state index in [0.717, 1.165) is 37.4 Å². The van der Waals surface area contributed by atoms with Gasteiger partial charge < -0.3 is 20.1 Å². The lowest BCUT2D eigenvalue weighted by molar-refractivity contribution is -0.00466. The standard InChI is InChI=1S/C15H24N2O2/c1-4-19-14-10-12(6-7-13(14)16)17-9-5-8-15(2,11-17)18-3/h6-7,10H,4-5,8-9,11,16H2,1-3H3. The van der Waals surface area contributed by atoms with E-state index in [9.17, 15) is 0 Å². The van der Waals surface area contributed by atoms with Crippen molar-refractivity contribution in [1.29, 1.82) is 0 Å². The van der Waals surface area contributed by atoms with Crippen molar-refractivity contribution in [3.05, 3.63) is 18.2 Å². The van der Waals surface area contributed by atoms with E-state index in [1.165, 1.54) is 0 Å². The molecule has 1 aliphatic heterocycles. The molecule has 1 saturated heterocycles. The van der Waals surface area contributed by atoms with E-state index in [1.54, 1.807) is 7.11 Å². The molecule has 1 heterocycles. The second-order valence-electron chi connectivity index (χ2n) is 5.33. The fourth-order valence-corrected chi connectivity index (χ4v) is 2.59. The Hall–Kier alpha value is -1.42. The molecule has 0 amide bonds. The summed E-state index contributed by atoms with van der Waals surface area (Å²) in [6.07, 6.45) is 2.24. The van der Waals surface area contributed by atoms with Gasteiger partial charge in [-0.1, -0.05) is 0 Å². The highest BCUT2D eigenvalue weighted by atomic mass is 16.5. The molecule has 1 aliphatic rings. The lowest BCUT2D eigenvalue weighted by Crippen LogP contribution is -2.47. The van der Waals surface area contributed by atoms with Gasteiger partial charge >= 0.3 is 0 Å². The van der Waals surface area contributed by atoms with Crippen molar-refractivity contribution < 1.29 is 9.47 Å². The average Bonchev–Trinajstić information content (AvgIpc) is 2.41. The van der Waals surface area contributed by atoms with Gasteiger partial charge in [-0.15, -0.1) is 0 Å². The van der Waals surface area contributed by atoms with Crippen molar-refractivity contribution in [2.75, 3.05) is 37.4 Å². The largest absolute Gasteiger partial charge is 0.492 e. The van der Waals surface area contributed by atoms with E-state index >= 15 is 0 Å². The Bertz CT molecular complexity index is 436. The summed E-state index contributed by atoms with van der Waals surface area (Å²) in [6, 6.07) is 6.00. The first kappa shape index (κ1) is 14.0. The van der Waals surface area contributed by atoms with Crippen LogP contribution in [0.5, 0.6) is 5.75 Å². The molecule has 0 aromatic heterocycles. The molecule has 2 rings (SSSR count). The predicted octanol–water partition coefficient (Wildman–Crippen LogP) is 2.67. The second kappa shape index (κ2) is 5.70. The van der Waals surface area contributed by atoms with Crippen molar-refractivity contribution >= 4 is 11.4 Å². The molecule has 4 heteroatoms. The van der Waals surface area contributed by atoms with Crippen molar-refractivity contribution in [1.82, 2.24) is 0 Å². The maximum absolute atomic E-state index is 5.92. The number of nitrogens with zero attached hydrogens (tertiary/aromatic N) is 1. The van der Waals surface area contributed by atoms with Crippen LogP contribution in [0.25, 0.3) is 0 Å². The van der Waals surface area contributed by atoms with Crippen molar-refractivity contribution in [3.8, 4) is 5.75 Å². The predicted molar refractivity (Wildman–Crippen MR) is 78.9 cm³/mol. The molecular formula is C15H24N2O2. The fraction of sp³-hybridized carbons (Fsp3) is 0.600. The molecule has 1 fully saturated rings. The molecule has 0 aliphatic carbocycles. The van der Waals surface area contributed by atoms with E-state index < -0.39 is 0 Å². The van der Waals surface area contributed by atoms with Crippen LogP contribution < -0.4 is 15.4 Å². The second-order valence-corrected chi connectivity index (χ2v) is 5.33. The first-order valence-corrected chi connectivity index (χ1v) is 6.90. The minimum absolute atomic E-state index is 0.0641. The molecule has 4 nitrogen and oxygen atoms in total. The summed E-state index contributed by atoms with van der Waals surface area (Å²) in [7, 11) is 1.79. The fourth-order valence-electron chi connectivity index (χ4n) is 2.59. The van der Waals surface area contributed by atoms with E-state index in [-0.39, 0.29) is 5.60 Å². The van der Waals surface area contributed by atoms with E-state index in [4.69, 9.17) is 15.2 Å². The van der Waals surface area contributed by atoms with Crippen molar-refractivity contribution in [3.63, 3.8) is 0 Å². The number of methoxy groups -OCH3 is 1. The summed E-state index contributed by atoms with van der Waals surface area (Å²) in [6.45, 7) is 6.71. The van der Waals surface area contributed by atoms with Crippen LogP contribution in [0.2, 0.25) is 0 Å². The molecule has 1 unspecified atom stereocenters. The zero-order chi connectivity index (χ0) is 13.9. The lowest BCUT2D eigenvalue weighted by Gasteiger charge is -2.40. The van der Waals surface area contributed by atoms with Crippen LogP contribution in [0.4, 0.5) is 11.4 Å². The Morgan fingerprint density at radius 1 is 1.42 bits per heavy atom. The number of piperidine rings is 1. The van der Waals surface area contributed by atoms with Crippen LogP contribution in [0.15, 0.2) is 18.2 Å². The van der Waals surface area contributed by atoms with Gasteiger partial charge in [0.1, 0.15) is 5.75 Å². The Morgan fingerprint density at radius 2 is 2.21 bits per heavy atom. The highest BCUT2D eigenvalue weighted by Gasteiger charge is 2.31. The molecule has 1 aromatic carbocycles. The van der Waals surface area contributed by atoms with Gasteiger partial charge in [0.25, 0.3) is 0 Å². The van der Waals surface area contributed by atoms with Gasteiger partial charge in [0.05, 0.1) is 17.9 Å². The lowest BCUT2D eigenvalue weighted by atomic mass is 9.94. The SMILES string of the molecule is CCOc1cc(N2CCCC(C)(OC)C2)ccc1N. The molecule has 106 valence electrons. The summed E-state index contributed by atoms with van der Waals surface area (Å²) in [5.41, 5.74) is 7.70. The van der Waals surface area contributed by atoms with Crippen molar-refractivity contribution in [2.45, 2.75) is 32.3 Å². The summed E-state index contributed by atoms with van der Waals surface area (Å²) in [5.74, 6) is 0.768. The summed E-state index contributed by atoms with van der Waals surface area (Å²) in [5, 5.41) is 0. The van der Waals surface area contributed by atoms with E-state index in [0.29, 0.717) is 12.3 Å². The third-order valence-electron chi connectivity index (χ3n) is 3.81. The smallest absolute Gasteiger partial charge is 0.144 e. The number of rotatable bonds is 4. The minimum atomic E-state index is -0.0641. The van der Waals surface area contributed by atoms with E-state index in [1.807, 2.05) is 19.1 Å². The summed E-state index contributed by atoms with van der Waals surface area (Å²) >= 11 is 0. The van der Waals surface area contributed by atoms with Crippen LogP contribution in [0.1, 0.15) is 26.7 Å². The maximum atomic E-state index is 5.92. The van der Waals surface area contributed by atoms with Gasteiger partial charge in [0, 0.05) is 32.0 Å². The highest BCUT2D eigenvalue weighted by Crippen LogP contribution is 2.32. The molecule has 19 heavy (non-hydrogen) atoms. The van der Waals surface area contributed by atoms with Crippen LogP contribution in [0.3, 0.4) is 0 Å². The van der Waals surface area contributed by atoms with Crippen LogP contribution >= 0.6 is 0 Å². The normalized spacial score (nSPS) is 23.4. The van der Waals surface area contributed by atoms with Gasteiger partial charge in [-0.2, -0.15) is 0 Å². The zero-order valence-electron chi connectivity index (χ0n) is 12.1. The Balaban J connectivity index is 2.19. The van der Waals surface area contributed by atoms with Gasteiger partial charge in [-0.25, -0.2) is 0 Å². The summed E-state index contributed by atoms with van der Waals surface area (Å²) in [4.78, 5) is 2.34. The van der Waals surface area contributed by atoms with Gasteiger partial charge in [-0.3, -0.25) is 0 Å². The number of ether oxygens (including phenoxy) is 2. The Kier molecular flexibility index (Phi) is 4.20. The molecule has 0 spiro atoms. The zero-order valence-corrected chi connectivity index (χ0v) is 12.1. The minimum Gasteiger partial charge on any atom is -0.492 e. The first-order chi connectivity index (χ1) is 9.08. The molecule has 0 saturated carbocycles. The van der Waals surface area contributed by atoms with Crippen molar-refractivity contribution in [2.24, 2.45) is 0 Å². The third-order valence-corrected chi connectivity index (χ3v) is 3.81. The monoisotopic (exact) mass is 264 g/mol. The molecule has 0 radical (unpaired) electrons. The number of hydrogen-bond donors (Lipinski definition) is 1. The van der Waals surface area contributed by atoms with E-state index in [2.05, 4.69) is 17.9 Å². The van der Waals surface area contributed by atoms with Gasteiger partial charge in [-0.05, 0) is 38.8 Å². The van der Waals surface area contributed by atoms with Crippen LogP contribution in [-0.4, -0.2) is 32.4 Å². The molecule has 0 bridgehead atoms.